The Morgan fingerprint density at radius 2 is 1.88 bits per heavy atom. The summed E-state index contributed by atoms with van der Waals surface area (Å²) in [5.74, 6) is -0.392. The van der Waals surface area contributed by atoms with Gasteiger partial charge >= 0.3 is 0 Å². The molecule has 0 unspecified atom stereocenters. The fourth-order valence-corrected chi connectivity index (χ4v) is 4.20. The Kier molecular flexibility index (Phi) is 7.33. The molecule has 1 saturated heterocycles. The molecule has 4 rings (SSSR count). The predicted octanol–water partition coefficient (Wildman–Crippen LogP) is 5.84. The van der Waals surface area contributed by atoms with Crippen LogP contribution in [0, 0.1) is 11.3 Å². The standard InChI is InChI=1S/C25H15Cl2N3O3S/c26-19-8-6-16(7-9-19)23(31)29-25-30-24(32)22(34-25)12-15-5-10-21(20(27)11-15)33-14-18-4-2-1-3-17(18)13-28/h1-12H,14H2,(H,29,30,31,32)/b22-12-. The van der Waals surface area contributed by atoms with E-state index >= 15 is 0 Å². The van der Waals surface area contributed by atoms with Crippen molar-refractivity contribution in [3.05, 3.63) is 104 Å². The number of rotatable bonds is 5. The van der Waals surface area contributed by atoms with Crippen molar-refractivity contribution in [1.29, 1.82) is 5.26 Å². The van der Waals surface area contributed by atoms with Crippen molar-refractivity contribution in [2.45, 2.75) is 6.61 Å². The van der Waals surface area contributed by atoms with Crippen molar-refractivity contribution in [3.63, 3.8) is 0 Å². The monoisotopic (exact) mass is 507 g/mol. The molecule has 0 bridgehead atoms. The highest BCUT2D eigenvalue weighted by molar-refractivity contribution is 8.18. The molecule has 0 aliphatic carbocycles. The zero-order chi connectivity index (χ0) is 24.1. The van der Waals surface area contributed by atoms with Gasteiger partial charge < -0.3 is 10.1 Å². The number of nitriles is 1. The van der Waals surface area contributed by atoms with Crippen LogP contribution in [0.1, 0.15) is 27.0 Å². The molecule has 1 aliphatic rings. The molecule has 0 radical (unpaired) electrons. The highest BCUT2D eigenvalue weighted by Gasteiger charge is 2.25. The molecule has 3 aromatic rings. The van der Waals surface area contributed by atoms with E-state index in [0.717, 1.165) is 17.3 Å². The van der Waals surface area contributed by atoms with E-state index in [4.69, 9.17) is 27.9 Å². The summed E-state index contributed by atoms with van der Waals surface area (Å²) in [6.45, 7) is 0.198. The molecular weight excluding hydrogens is 493 g/mol. The number of nitrogens with one attached hydrogen (secondary N) is 1. The molecule has 0 saturated carbocycles. The molecule has 2 amide bonds. The van der Waals surface area contributed by atoms with Crippen LogP contribution in [0.5, 0.6) is 5.75 Å². The lowest BCUT2D eigenvalue weighted by molar-refractivity contribution is -0.115. The number of amidine groups is 1. The molecule has 6 nitrogen and oxygen atoms in total. The number of thioether (sulfide) groups is 1. The summed E-state index contributed by atoms with van der Waals surface area (Å²) >= 11 is 13.3. The zero-order valence-electron chi connectivity index (χ0n) is 17.4. The third kappa shape index (κ3) is 5.67. The highest BCUT2D eigenvalue weighted by Crippen LogP contribution is 2.31. The Bertz CT molecular complexity index is 1380. The minimum absolute atomic E-state index is 0.193. The number of nitrogens with zero attached hydrogens (tertiary/aromatic N) is 2. The maximum atomic E-state index is 12.3. The smallest absolute Gasteiger partial charge is 0.279 e. The minimum atomic E-state index is -0.483. The van der Waals surface area contributed by atoms with Crippen molar-refractivity contribution in [3.8, 4) is 11.8 Å². The molecule has 1 heterocycles. The normalized spacial score (nSPS) is 15.3. The van der Waals surface area contributed by atoms with E-state index < -0.39 is 5.91 Å². The Morgan fingerprint density at radius 3 is 2.62 bits per heavy atom. The first-order valence-corrected chi connectivity index (χ1v) is 11.5. The Labute approximate surface area is 209 Å². The number of hydrogen-bond donors (Lipinski definition) is 1. The van der Waals surface area contributed by atoms with Crippen LogP contribution >= 0.6 is 35.0 Å². The van der Waals surface area contributed by atoms with Gasteiger partial charge in [-0.1, -0.05) is 47.5 Å². The van der Waals surface area contributed by atoms with Crippen LogP contribution < -0.4 is 10.1 Å². The number of aliphatic imine (C=N–C) groups is 1. The fourth-order valence-electron chi connectivity index (χ4n) is 3.02. The SMILES string of the molecule is N#Cc1ccccc1COc1ccc(/C=C2\SC(=NC(=O)c3ccc(Cl)cc3)NC2=O)cc1Cl. The van der Waals surface area contributed by atoms with E-state index in [-0.39, 0.29) is 17.7 Å². The molecule has 0 spiro atoms. The van der Waals surface area contributed by atoms with Gasteiger partial charge in [-0.3, -0.25) is 9.59 Å². The van der Waals surface area contributed by atoms with Gasteiger partial charge in [0.2, 0.25) is 0 Å². The summed E-state index contributed by atoms with van der Waals surface area (Å²) in [5, 5.41) is 12.8. The molecular formula is C25H15Cl2N3O3S. The molecule has 1 fully saturated rings. The van der Waals surface area contributed by atoms with Crippen molar-refractivity contribution < 1.29 is 14.3 Å². The quantitative estimate of drug-likeness (QED) is 0.437. The van der Waals surface area contributed by atoms with E-state index in [1.807, 2.05) is 12.1 Å². The topological polar surface area (TPSA) is 91.5 Å². The van der Waals surface area contributed by atoms with Gasteiger partial charge in [0.25, 0.3) is 11.8 Å². The van der Waals surface area contributed by atoms with Gasteiger partial charge in [-0.2, -0.15) is 10.3 Å². The summed E-state index contributed by atoms with van der Waals surface area (Å²) in [7, 11) is 0. The summed E-state index contributed by atoms with van der Waals surface area (Å²) in [4.78, 5) is 29.0. The van der Waals surface area contributed by atoms with Crippen LogP contribution in [0.25, 0.3) is 6.08 Å². The van der Waals surface area contributed by atoms with E-state index in [9.17, 15) is 14.9 Å². The predicted molar refractivity (Wildman–Crippen MR) is 134 cm³/mol. The van der Waals surface area contributed by atoms with E-state index in [0.29, 0.717) is 37.4 Å². The third-order valence-corrected chi connectivity index (χ3v) is 6.18. The minimum Gasteiger partial charge on any atom is -0.487 e. The zero-order valence-corrected chi connectivity index (χ0v) is 19.7. The lowest BCUT2D eigenvalue weighted by atomic mass is 10.1. The van der Waals surface area contributed by atoms with Crippen LogP contribution in [0.15, 0.2) is 76.6 Å². The van der Waals surface area contributed by atoms with E-state index in [1.165, 1.54) is 0 Å². The molecule has 1 aliphatic heterocycles. The Hall–Kier alpha value is -3.57. The largest absolute Gasteiger partial charge is 0.487 e. The number of carbonyl (C=O) groups excluding carboxylic acids is 2. The van der Waals surface area contributed by atoms with Crippen molar-refractivity contribution in [2.24, 2.45) is 4.99 Å². The lowest BCUT2D eigenvalue weighted by Gasteiger charge is -2.10. The van der Waals surface area contributed by atoms with E-state index in [2.05, 4.69) is 16.4 Å². The summed E-state index contributed by atoms with van der Waals surface area (Å²) in [5.41, 5.74) is 2.34. The van der Waals surface area contributed by atoms with Crippen LogP contribution in [0.4, 0.5) is 0 Å². The first-order valence-electron chi connectivity index (χ1n) is 9.93. The molecule has 168 valence electrons. The van der Waals surface area contributed by atoms with Crippen LogP contribution in [-0.4, -0.2) is 17.0 Å². The first-order chi connectivity index (χ1) is 16.4. The fraction of sp³-hybridized carbons (Fsp3) is 0.0400. The molecule has 0 aromatic heterocycles. The Morgan fingerprint density at radius 1 is 1.12 bits per heavy atom. The van der Waals surface area contributed by atoms with Gasteiger partial charge in [0, 0.05) is 16.1 Å². The number of halogens is 2. The average molecular weight is 508 g/mol. The molecule has 3 aromatic carbocycles. The summed E-state index contributed by atoms with van der Waals surface area (Å²) in [6.07, 6.45) is 1.65. The van der Waals surface area contributed by atoms with Crippen LogP contribution in [0.3, 0.4) is 0 Å². The van der Waals surface area contributed by atoms with E-state index in [1.54, 1.807) is 60.7 Å². The molecule has 0 atom stereocenters. The summed E-state index contributed by atoms with van der Waals surface area (Å²) < 4.78 is 5.77. The van der Waals surface area contributed by atoms with Crippen molar-refractivity contribution >= 4 is 58.0 Å². The first kappa shape index (κ1) is 23.6. The van der Waals surface area contributed by atoms with Crippen LogP contribution in [0.2, 0.25) is 10.0 Å². The summed E-state index contributed by atoms with van der Waals surface area (Å²) in [6, 6.07) is 20.7. The van der Waals surface area contributed by atoms with Crippen LogP contribution in [-0.2, 0) is 11.4 Å². The Balaban J connectivity index is 1.45. The van der Waals surface area contributed by atoms with Crippen molar-refractivity contribution in [1.82, 2.24) is 5.32 Å². The number of ether oxygens (including phenoxy) is 1. The molecule has 9 heteroatoms. The number of hydrogen-bond acceptors (Lipinski definition) is 5. The second-order valence-electron chi connectivity index (χ2n) is 7.04. The highest BCUT2D eigenvalue weighted by atomic mass is 35.5. The lowest BCUT2D eigenvalue weighted by Crippen LogP contribution is -2.20. The van der Waals surface area contributed by atoms with Gasteiger partial charge in [0.05, 0.1) is 21.6 Å². The third-order valence-electron chi connectivity index (χ3n) is 4.72. The average Bonchev–Trinajstić information content (AvgIpc) is 3.17. The van der Waals surface area contributed by atoms with Gasteiger partial charge in [-0.25, -0.2) is 0 Å². The second-order valence-corrected chi connectivity index (χ2v) is 8.92. The van der Waals surface area contributed by atoms with Gasteiger partial charge in [-0.15, -0.1) is 0 Å². The maximum absolute atomic E-state index is 12.3. The number of benzene rings is 3. The van der Waals surface area contributed by atoms with Crippen molar-refractivity contribution in [2.75, 3.05) is 0 Å². The molecule has 1 N–H and O–H groups in total. The maximum Gasteiger partial charge on any atom is 0.279 e. The number of carbonyl (C=O) groups is 2. The number of amides is 2. The van der Waals surface area contributed by atoms with Gasteiger partial charge in [-0.05, 0) is 65.9 Å². The van der Waals surface area contributed by atoms with Gasteiger partial charge in [0.1, 0.15) is 12.4 Å². The second kappa shape index (κ2) is 10.6. The van der Waals surface area contributed by atoms with Gasteiger partial charge in [0.15, 0.2) is 5.17 Å². The molecule has 34 heavy (non-hydrogen) atoms.